The standard InChI is InChI=1S/C22H26N2O2S2/c25-21(24-13-11-23(12-14-24)19-5-2-1-3-6-19)17-26-20-9-7-18(8-10-20)22-27-15-4-16-28-22/h1-3,5-10,22H,4,11-17H2. The molecule has 0 aromatic heterocycles. The summed E-state index contributed by atoms with van der Waals surface area (Å²) in [6.07, 6.45) is 1.30. The Morgan fingerprint density at radius 3 is 2.29 bits per heavy atom. The third kappa shape index (κ3) is 4.97. The molecular formula is C22H26N2O2S2. The van der Waals surface area contributed by atoms with E-state index in [2.05, 4.69) is 41.3 Å². The van der Waals surface area contributed by atoms with Crippen molar-refractivity contribution in [2.45, 2.75) is 11.0 Å². The minimum Gasteiger partial charge on any atom is -0.484 e. The van der Waals surface area contributed by atoms with Crippen LogP contribution in [0.4, 0.5) is 5.69 Å². The molecule has 2 aromatic rings. The van der Waals surface area contributed by atoms with E-state index >= 15 is 0 Å². The van der Waals surface area contributed by atoms with E-state index in [1.165, 1.54) is 29.2 Å². The van der Waals surface area contributed by atoms with Crippen molar-refractivity contribution in [3.05, 3.63) is 60.2 Å². The van der Waals surface area contributed by atoms with Crippen LogP contribution in [0, 0.1) is 0 Å². The Labute approximate surface area is 175 Å². The average molecular weight is 415 g/mol. The molecule has 2 aliphatic heterocycles. The molecule has 0 saturated carbocycles. The highest BCUT2D eigenvalue weighted by Gasteiger charge is 2.21. The van der Waals surface area contributed by atoms with Gasteiger partial charge in [-0.3, -0.25) is 4.79 Å². The van der Waals surface area contributed by atoms with Gasteiger partial charge in [0.1, 0.15) is 5.75 Å². The van der Waals surface area contributed by atoms with E-state index < -0.39 is 0 Å². The number of carbonyl (C=O) groups excluding carboxylic acids is 1. The van der Waals surface area contributed by atoms with Gasteiger partial charge in [0, 0.05) is 31.9 Å². The number of para-hydroxylation sites is 1. The SMILES string of the molecule is O=C(COc1ccc(C2SCCCS2)cc1)N1CCN(c2ccccc2)CC1. The summed E-state index contributed by atoms with van der Waals surface area (Å²) in [5.41, 5.74) is 2.56. The highest BCUT2D eigenvalue weighted by atomic mass is 32.2. The summed E-state index contributed by atoms with van der Waals surface area (Å²) in [7, 11) is 0. The lowest BCUT2D eigenvalue weighted by molar-refractivity contribution is -0.133. The fourth-order valence-corrected chi connectivity index (χ4v) is 6.38. The molecule has 0 radical (unpaired) electrons. The van der Waals surface area contributed by atoms with Gasteiger partial charge in [-0.15, -0.1) is 23.5 Å². The molecular weight excluding hydrogens is 388 g/mol. The summed E-state index contributed by atoms with van der Waals surface area (Å²) in [5, 5.41) is 0. The molecule has 2 aliphatic rings. The van der Waals surface area contributed by atoms with Crippen LogP contribution in [-0.2, 0) is 4.79 Å². The van der Waals surface area contributed by atoms with Crippen LogP contribution in [0.15, 0.2) is 54.6 Å². The molecule has 0 atom stereocenters. The second-order valence-corrected chi connectivity index (χ2v) is 9.71. The van der Waals surface area contributed by atoms with Crippen molar-refractivity contribution in [1.29, 1.82) is 0 Å². The van der Waals surface area contributed by atoms with E-state index in [1.54, 1.807) is 0 Å². The molecule has 4 nitrogen and oxygen atoms in total. The Morgan fingerprint density at radius 2 is 1.61 bits per heavy atom. The molecule has 0 unspecified atom stereocenters. The molecule has 28 heavy (non-hydrogen) atoms. The Balaban J connectivity index is 1.23. The van der Waals surface area contributed by atoms with Crippen LogP contribution in [0.5, 0.6) is 5.75 Å². The number of rotatable bonds is 5. The largest absolute Gasteiger partial charge is 0.484 e. The Bertz CT molecular complexity index is 756. The van der Waals surface area contributed by atoms with Crippen molar-refractivity contribution in [2.24, 2.45) is 0 Å². The summed E-state index contributed by atoms with van der Waals surface area (Å²) in [6, 6.07) is 18.6. The number of nitrogens with zero attached hydrogens (tertiary/aromatic N) is 2. The minimum atomic E-state index is 0.0650. The molecule has 0 aliphatic carbocycles. The van der Waals surface area contributed by atoms with Crippen LogP contribution in [-0.4, -0.2) is 55.1 Å². The third-order valence-corrected chi connectivity index (χ3v) is 8.11. The van der Waals surface area contributed by atoms with Crippen LogP contribution in [0.3, 0.4) is 0 Å². The first-order valence-corrected chi connectivity index (χ1v) is 11.9. The van der Waals surface area contributed by atoms with Crippen LogP contribution < -0.4 is 9.64 Å². The quantitative estimate of drug-likeness (QED) is 0.729. The molecule has 0 N–H and O–H groups in total. The van der Waals surface area contributed by atoms with E-state index in [-0.39, 0.29) is 12.5 Å². The highest BCUT2D eigenvalue weighted by Crippen LogP contribution is 2.43. The normalized spacial score (nSPS) is 18.1. The van der Waals surface area contributed by atoms with Crippen molar-refractivity contribution >= 4 is 35.1 Å². The minimum absolute atomic E-state index is 0.0650. The average Bonchev–Trinajstić information content (AvgIpc) is 2.79. The van der Waals surface area contributed by atoms with Crippen molar-refractivity contribution in [3.63, 3.8) is 0 Å². The monoisotopic (exact) mass is 414 g/mol. The molecule has 1 amide bonds. The maximum atomic E-state index is 12.5. The van der Waals surface area contributed by atoms with Crippen molar-refractivity contribution in [3.8, 4) is 5.75 Å². The Hall–Kier alpha value is -1.79. The van der Waals surface area contributed by atoms with Gasteiger partial charge in [0.15, 0.2) is 6.61 Å². The van der Waals surface area contributed by atoms with E-state index in [0.29, 0.717) is 4.58 Å². The fraction of sp³-hybridized carbons (Fsp3) is 0.409. The summed E-state index contributed by atoms with van der Waals surface area (Å²) in [6.45, 7) is 3.32. The van der Waals surface area contributed by atoms with E-state index in [1.807, 2.05) is 46.6 Å². The predicted molar refractivity (Wildman–Crippen MR) is 119 cm³/mol. The number of hydrogen-bond acceptors (Lipinski definition) is 5. The van der Waals surface area contributed by atoms with Gasteiger partial charge in [0.25, 0.3) is 5.91 Å². The van der Waals surface area contributed by atoms with E-state index in [0.717, 1.165) is 31.9 Å². The maximum absolute atomic E-state index is 12.5. The van der Waals surface area contributed by atoms with Gasteiger partial charge in [0.05, 0.1) is 4.58 Å². The number of anilines is 1. The third-order valence-electron chi connectivity index (χ3n) is 5.10. The van der Waals surface area contributed by atoms with E-state index in [9.17, 15) is 4.79 Å². The van der Waals surface area contributed by atoms with Crippen LogP contribution in [0.1, 0.15) is 16.6 Å². The molecule has 0 bridgehead atoms. The summed E-state index contributed by atoms with van der Waals surface area (Å²) < 4.78 is 6.29. The van der Waals surface area contributed by atoms with Gasteiger partial charge in [-0.1, -0.05) is 30.3 Å². The molecule has 2 aromatic carbocycles. The second kappa shape index (κ2) is 9.61. The molecule has 2 saturated heterocycles. The fourth-order valence-electron chi connectivity index (χ4n) is 3.49. The molecule has 0 spiro atoms. The zero-order chi connectivity index (χ0) is 19.2. The first kappa shape index (κ1) is 19.5. The van der Waals surface area contributed by atoms with Gasteiger partial charge in [0.2, 0.25) is 0 Å². The van der Waals surface area contributed by atoms with E-state index in [4.69, 9.17) is 4.74 Å². The van der Waals surface area contributed by atoms with Crippen LogP contribution in [0.25, 0.3) is 0 Å². The van der Waals surface area contributed by atoms with Crippen LogP contribution >= 0.6 is 23.5 Å². The number of thioether (sulfide) groups is 2. The zero-order valence-electron chi connectivity index (χ0n) is 16.0. The van der Waals surface area contributed by atoms with Gasteiger partial charge < -0.3 is 14.5 Å². The first-order valence-electron chi connectivity index (χ1n) is 9.83. The molecule has 6 heteroatoms. The predicted octanol–water partition coefficient (Wildman–Crippen LogP) is 4.28. The number of benzene rings is 2. The number of ether oxygens (including phenoxy) is 1. The van der Waals surface area contributed by atoms with Gasteiger partial charge >= 0.3 is 0 Å². The number of hydrogen-bond donors (Lipinski definition) is 0. The lowest BCUT2D eigenvalue weighted by Gasteiger charge is -2.36. The summed E-state index contributed by atoms with van der Waals surface area (Å²) >= 11 is 4.03. The molecule has 2 fully saturated rings. The molecule has 4 rings (SSSR count). The van der Waals surface area contributed by atoms with Gasteiger partial charge in [-0.25, -0.2) is 0 Å². The molecule has 2 heterocycles. The van der Waals surface area contributed by atoms with Crippen molar-refractivity contribution in [2.75, 3.05) is 49.2 Å². The van der Waals surface area contributed by atoms with Gasteiger partial charge in [-0.05, 0) is 47.8 Å². The first-order chi connectivity index (χ1) is 13.8. The lowest BCUT2D eigenvalue weighted by Crippen LogP contribution is -2.50. The van der Waals surface area contributed by atoms with Crippen LogP contribution in [0.2, 0.25) is 0 Å². The number of amides is 1. The zero-order valence-corrected chi connectivity index (χ0v) is 17.6. The Morgan fingerprint density at radius 1 is 0.929 bits per heavy atom. The maximum Gasteiger partial charge on any atom is 0.260 e. The lowest BCUT2D eigenvalue weighted by atomic mass is 10.2. The highest BCUT2D eigenvalue weighted by molar-refractivity contribution is 8.16. The van der Waals surface area contributed by atoms with Crippen molar-refractivity contribution < 1.29 is 9.53 Å². The number of carbonyl (C=O) groups is 1. The Kier molecular flexibility index (Phi) is 6.70. The number of piperazine rings is 1. The van der Waals surface area contributed by atoms with Gasteiger partial charge in [-0.2, -0.15) is 0 Å². The molecule has 148 valence electrons. The second-order valence-electron chi connectivity index (χ2n) is 6.99. The smallest absolute Gasteiger partial charge is 0.260 e. The topological polar surface area (TPSA) is 32.8 Å². The summed E-state index contributed by atoms with van der Waals surface area (Å²) in [4.78, 5) is 16.7. The van der Waals surface area contributed by atoms with Crippen molar-refractivity contribution in [1.82, 2.24) is 4.90 Å². The summed E-state index contributed by atoms with van der Waals surface area (Å²) in [5.74, 6) is 3.31.